The number of benzene rings is 1. The standard InChI is InChI=1S/C20H28N2O2/c1-14(2)20(24)22-12-10-17(11-13-22)19(23)21-18(16-8-9-16)15-6-4-3-5-7-15/h3-7,14,16-18H,8-13H2,1-2H3,(H,21,23). The Morgan fingerprint density at radius 3 is 2.21 bits per heavy atom. The minimum Gasteiger partial charge on any atom is -0.349 e. The number of amides is 2. The van der Waals surface area contributed by atoms with Gasteiger partial charge >= 0.3 is 0 Å². The quantitative estimate of drug-likeness (QED) is 0.903. The van der Waals surface area contributed by atoms with Crippen molar-refractivity contribution in [3.63, 3.8) is 0 Å². The Morgan fingerprint density at radius 1 is 1.04 bits per heavy atom. The maximum Gasteiger partial charge on any atom is 0.225 e. The van der Waals surface area contributed by atoms with E-state index in [-0.39, 0.29) is 29.7 Å². The lowest BCUT2D eigenvalue weighted by molar-refractivity contribution is -0.138. The third kappa shape index (κ3) is 3.97. The molecule has 1 saturated carbocycles. The van der Waals surface area contributed by atoms with Crippen molar-refractivity contribution in [3.05, 3.63) is 35.9 Å². The van der Waals surface area contributed by atoms with Gasteiger partial charge in [-0.2, -0.15) is 0 Å². The molecule has 1 aliphatic carbocycles. The summed E-state index contributed by atoms with van der Waals surface area (Å²) in [6.07, 6.45) is 3.94. The molecule has 2 amide bonds. The number of piperidine rings is 1. The molecule has 4 heteroatoms. The van der Waals surface area contributed by atoms with Gasteiger partial charge in [0.1, 0.15) is 0 Å². The Morgan fingerprint density at radius 2 is 1.67 bits per heavy atom. The minimum atomic E-state index is 0.0335. The van der Waals surface area contributed by atoms with Crippen LogP contribution in [0.5, 0.6) is 0 Å². The van der Waals surface area contributed by atoms with E-state index in [9.17, 15) is 9.59 Å². The van der Waals surface area contributed by atoms with Gasteiger partial charge in [-0.25, -0.2) is 0 Å². The van der Waals surface area contributed by atoms with E-state index < -0.39 is 0 Å². The van der Waals surface area contributed by atoms with Gasteiger partial charge in [0.05, 0.1) is 6.04 Å². The Labute approximate surface area is 144 Å². The molecule has 2 fully saturated rings. The zero-order valence-electron chi connectivity index (χ0n) is 14.7. The summed E-state index contributed by atoms with van der Waals surface area (Å²) in [6, 6.07) is 10.4. The molecule has 1 aromatic carbocycles. The highest BCUT2D eigenvalue weighted by molar-refractivity contribution is 5.81. The molecule has 1 aliphatic heterocycles. The summed E-state index contributed by atoms with van der Waals surface area (Å²) in [5.74, 6) is 1.01. The van der Waals surface area contributed by atoms with Gasteiger partial charge in [0.2, 0.25) is 11.8 Å². The zero-order valence-corrected chi connectivity index (χ0v) is 14.7. The second-order valence-corrected chi connectivity index (χ2v) is 7.49. The molecule has 0 spiro atoms. The number of hydrogen-bond acceptors (Lipinski definition) is 2. The summed E-state index contributed by atoms with van der Waals surface area (Å²) in [7, 11) is 0. The van der Waals surface area contributed by atoms with Gasteiger partial charge in [0.25, 0.3) is 0 Å². The Kier molecular flexibility index (Phi) is 5.22. The molecule has 24 heavy (non-hydrogen) atoms. The molecule has 0 aromatic heterocycles. The first-order chi connectivity index (χ1) is 11.6. The van der Waals surface area contributed by atoms with Gasteiger partial charge < -0.3 is 10.2 Å². The van der Waals surface area contributed by atoms with Crippen molar-refractivity contribution in [3.8, 4) is 0 Å². The highest BCUT2D eigenvalue weighted by atomic mass is 16.2. The first-order valence-electron chi connectivity index (χ1n) is 9.20. The third-order valence-corrected chi connectivity index (χ3v) is 5.22. The van der Waals surface area contributed by atoms with Gasteiger partial charge in [0, 0.05) is 24.9 Å². The molecular formula is C20H28N2O2. The molecule has 2 aliphatic rings. The lowest BCUT2D eigenvalue weighted by Crippen LogP contribution is -2.45. The molecule has 1 heterocycles. The average molecular weight is 328 g/mol. The molecule has 4 nitrogen and oxygen atoms in total. The van der Waals surface area contributed by atoms with Crippen LogP contribution in [0.2, 0.25) is 0 Å². The van der Waals surface area contributed by atoms with Crippen molar-refractivity contribution in [1.29, 1.82) is 0 Å². The van der Waals surface area contributed by atoms with E-state index in [0.717, 1.165) is 12.8 Å². The molecule has 0 radical (unpaired) electrons. The number of carbonyl (C=O) groups is 2. The van der Waals surface area contributed by atoms with E-state index in [4.69, 9.17) is 0 Å². The van der Waals surface area contributed by atoms with E-state index >= 15 is 0 Å². The van der Waals surface area contributed by atoms with Crippen LogP contribution in [0.15, 0.2) is 30.3 Å². The van der Waals surface area contributed by atoms with Crippen molar-refractivity contribution < 1.29 is 9.59 Å². The molecule has 1 saturated heterocycles. The van der Waals surface area contributed by atoms with Crippen molar-refractivity contribution in [2.45, 2.75) is 45.6 Å². The van der Waals surface area contributed by atoms with Gasteiger partial charge in [-0.05, 0) is 37.2 Å². The van der Waals surface area contributed by atoms with Gasteiger partial charge in [-0.1, -0.05) is 44.2 Å². The molecule has 1 atom stereocenters. The number of likely N-dealkylation sites (tertiary alicyclic amines) is 1. The first kappa shape index (κ1) is 17.0. The van der Waals surface area contributed by atoms with Crippen molar-refractivity contribution in [2.75, 3.05) is 13.1 Å². The Bertz CT molecular complexity index is 573. The van der Waals surface area contributed by atoms with E-state index in [1.54, 1.807) is 0 Å². The van der Waals surface area contributed by atoms with Crippen LogP contribution in [0.1, 0.15) is 51.1 Å². The fraction of sp³-hybridized carbons (Fsp3) is 0.600. The molecular weight excluding hydrogens is 300 g/mol. The van der Waals surface area contributed by atoms with Crippen molar-refractivity contribution >= 4 is 11.8 Å². The maximum atomic E-state index is 12.7. The SMILES string of the molecule is CC(C)C(=O)N1CCC(C(=O)NC(c2ccccc2)C2CC2)CC1. The van der Waals surface area contributed by atoms with Crippen LogP contribution in [0, 0.1) is 17.8 Å². The highest BCUT2D eigenvalue weighted by Crippen LogP contribution is 2.41. The number of rotatable bonds is 5. The Balaban J connectivity index is 1.56. The van der Waals surface area contributed by atoms with Crippen LogP contribution >= 0.6 is 0 Å². The summed E-state index contributed by atoms with van der Waals surface area (Å²) in [6.45, 7) is 5.27. The van der Waals surface area contributed by atoms with Crippen LogP contribution in [0.4, 0.5) is 0 Å². The fourth-order valence-corrected chi connectivity index (χ4v) is 3.56. The number of carbonyl (C=O) groups excluding carboxylic acids is 2. The number of hydrogen-bond donors (Lipinski definition) is 1. The molecule has 130 valence electrons. The predicted molar refractivity (Wildman–Crippen MR) is 94.2 cm³/mol. The summed E-state index contributed by atoms with van der Waals surface area (Å²) in [5, 5.41) is 3.29. The maximum absolute atomic E-state index is 12.7. The van der Waals surface area contributed by atoms with Crippen LogP contribution in [0.3, 0.4) is 0 Å². The second-order valence-electron chi connectivity index (χ2n) is 7.49. The molecule has 3 rings (SSSR count). The zero-order chi connectivity index (χ0) is 17.1. The van der Waals surface area contributed by atoms with Crippen LogP contribution in [0.25, 0.3) is 0 Å². The largest absolute Gasteiger partial charge is 0.349 e. The summed E-state index contributed by atoms with van der Waals surface area (Å²) >= 11 is 0. The van der Waals surface area contributed by atoms with E-state index in [1.165, 1.54) is 18.4 Å². The molecule has 1 N–H and O–H groups in total. The molecule has 0 bridgehead atoms. The van der Waals surface area contributed by atoms with E-state index in [2.05, 4.69) is 17.4 Å². The average Bonchev–Trinajstić information content (AvgIpc) is 3.44. The van der Waals surface area contributed by atoms with Crippen molar-refractivity contribution in [2.24, 2.45) is 17.8 Å². The molecule has 1 unspecified atom stereocenters. The normalized spacial score (nSPS) is 20.0. The smallest absolute Gasteiger partial charge is 0.225 e. The van der Waals surface area contributed by atoms with Gasteiger partial charge in [0.15, 0.2) is 0 Å². The van der Waals surface area contributed by atoms with Crippen LogP contribution in [-0.4, -0.2) is 29.8 Å². The third-order valence-electron chi connectivity index (χ3n) is 5.22. The van der Waals surface area contributed by atoms with Crippen LogP contribution in [-0.2, 0) is 9.59 Å². The monoisotopic (exact) mass is 328 g/mol. The van der Waals surface area contributed by atoms with Gasteiger partial charge in [-0.15, -0.1) is 0 Å². The lowest BCUT2D eigenvalue weighted by atomic mass is 9.93. The van der Waals surface area contributed by atoms with Crippen LogP contribution < -0.4 is 5.32 Å². The van der Waals surface area contributed by atoms with E-state index in [0.29, 0.717) is 19.0 Å². The predicted octanol–water partition coefficient (Wildman–Crippen LogP) is 3.15. The minimum absolute atomic E-state index is 0.0335. The topological polar surface area (TPSA) is 49.4 Å². The number of nitrogens with zero attached hydrogens (tertiary/aromatic N) is 1. The molecule has 1 aromatic rings. The first-order valence-corrected chi connectivity index (χ1v) is 9.20. The lowest BCUT2D eigenvalue weighted by Gasteiger charge is -2.33. The highest BCUT2D eigenvalue weighted by Gasteiger charge is 2.35. The fourth-order valence-electron chi connectivity index (χ4n) is 3.56. The van der Waals surface area contributed by atoms with Gasteiger partial charge in [-0.3, -0.25) is 9.59 Å². The number of nitrogens with one attached hydrogen (secondary N) is 1. The second kappa shape index (κ2) is 7.37. The summed E-state index contributed by atoms with van der Waals surface area (Å²) < 4.78 is 0. The van der Waals surface area contributed by atoms with Crippen molar-refractivity contribution in [1.82, 2.24) is 10.2 Å². The Hall–Kier alpha value is -1.84. The summed E-state index contributed by atoms with van der Waals surface area (Å²) in [4.78, 5) is 26.7. The summed E-state index contributed by atoms with van der Waals surface area (Å²) in [5.41, 5.74) is 1.21. The van der Waals surface area contributed by atoms with E-state index in [1.807, 2.05) is 36.9 Å².